The lowest BCUT2D eigenvalue weighted by Gasteiger charge is -2.15. The van der Waals surface area contributed by atoms with E-state index >= 15 is 0 Å². The number of aromatic nitrogens is 1. The van der Waals surface area contributed by atoms with Gasteiger partial charge in [-0.05, 0) is 30.4 Å². The molecule has 0 radical (unpaired) electrons. The molecule has 0 aliphatic heterocycles. The van der Waals surface area contributed by atoms with E-state index in [1.165, 1.54) is 18.3 Å². The first-order chi connectivity index (χ1) is 11.2. The summed E-state index contributed by atoms with van der Waals surface area (Å²) in [5, 5.41) is 3.88. The number of halogens is 6. The number of nitrogens with zero attached hydrogens (tertiary/aromatic N) is 1. The second-order valence-electron chi connectivity index (χ2n) is 4.54. The molecule has 2 aromatic rings. The Bertz CT molecular complexity index is 767. The maximum Gasteiger partial charge on any atom is 0.420 e. The Kier molecular flexibility index (Phi) is 5.55. The number of hydrogen-bond donors (Lipinski definition) is 2. The van der Waals surface area contributed by atoms with Crippen LogP contribution in [0, 0.1) is 11.8 Å². The molecule has 1 heterocycles. The van der Waals surface area contributed by atoms with Crippen LogP contribution in [0.1, 0.15) is 11.1 Å². The monoisotopic (exact) mass is 381 g/mol. The fourth-order valence-electron chi connectivity index (χ4n) is 1.80. The van der Waals surface area contributed by atoms with E-state index in [9.17, 15) is 22.0 Å². The highest BCUT2D eigenvalue weighted by molar-refractivity contribution is 7.80. The van der Waals surface area contributed by atoms with Crippen molar-refractivity contribution in [1.29, 1.82) is 0 Å². The average molecular weight is 382 g/mol. The molecular formula is C14H9ClF5N3S. The van der Waals surface area contributed by atoms with E-state index in [0.717, 1.165) is 12.1 Å². The van der Waals surface area contributed by atoms with Gasteiger partial charge >= 0.3 is 6.18 Å². The van der Waals surface area contributed by atoms with Crippen LogP contribution in [0.2, 0.25) is 5.02 Å². The summed E-state index contributed by atoms with van der Waals surface area (Å²) in [6, 6.07) is 4.87. The van der Waals surface area contributed by atoms with Crippen molar-refractivity contribution in [3.63, 3.8) is 0 Å². The van der Waals surface area contributed by atoms with E-state index in [4.69, 9.17) is 23.8 Å². The minimum atomic E-state index is -4.95. The molecule has 1 aromatic carbocycles. The van der Waals surface area contributed by atoms with Gasteiger partial charge in [0.05, 0.1) is 10.7 Å². The molecule has 0 bridgehead atoms. The smallest absolute Gasteiger partial charge is 0.358 e. The van der Waals surface area contributed by atoms with Crippen molar-refractivity contribution < 1.29 is 22.0 Å². The summed E-state index contributed by atoms with van der Waals surface area (Å²) < 4.78 is 65.7. The van der Waals surface area contributed by atoms with Gasteiger partial charge in [0, 0.05) is 18.3 Å². The summed E-state index contributed by atoms with van der Waals surface area (Å²) in [7, 11) is 0. The maximum absolute atomic E-state index is 14.0. The molecule has 0 aliphatic carbocycles. The van der Waals surface area contributed by atoms with Gasteiger partial charge in [-0.3, -0.25) is 0 Å². The minimum Gasteiger partial charge on any atom is -0.358 e. The summed E-state index contributed by atoms with van der Waals surface area (Å²) in [5.74, 6) is -2.29. The molecule has 0 unspecified atom stereocenters. The number of nitrogens with one attached hydrogen (secondary N) is 2. The first-order valence-electron chi connectivity index (χ1n) is 6.39. The van der Waals surface area contributed by atoms with Crippen molar-refractivity contribution >= 4 is 34.6 Å². The summed E-state index contributed by atoms with van der Waals surface area (Å²) in [5.41, 5.74) is -1.90. The molecule has 0 aliphatic rings. The molecular weight excluding hydrogens is 373 g/mol. The van der Waals surface area contributed by atoms with Gasteiger partial charge in [0.15, 0.2) is 10.9 Å². The van der Waals surface area contributed by atoms with Gasteiger partial charge in [-0.1, -0.05) is 17.7 Å². The van der Waals surface area contributed by atoms with E-state index in [-0.39, 0.29) is 17.2 Å². The molecule has 10 heteroatoms. The number of alkyl halides is 3. The molecule has 0 saturated carbocycles. The van der Waals surface area contributed by atoms with Gasteiger partial charge in [0.2, 0.25) is 5.95 Å². The van der Waals surface area contributed by atoms with Crippen molar-refractivity contribution in [3.05, 3.63) is 58.4 Å². The topological polar surface area (TPSA) is 37.0 Å². The second kappa shape index (κ2) is 7.27. The number of benzene rings is 1. The fraction of sp³-hybridized carbons (Fsp3) is 0.143. The highest BCUT2D eigenvalue weighted by Crippen LogP contribution is 2.38. The summed E-state index contributed by atoms with van der Waals surface area (Å²) in [6.45, 7) is -0.0765. The number of rotatable bonds is 3. The van der Waals surface area contributed by atoms with Crippen LogP contribution in [0.3, 0.4) is 0 Å². The molecule has 128 valence electrons. The predicted molar refractivity (Wildman–Crippen MR) is 83.7 cm³/mol. The third-order valence-corrected chi connectivity index (χ3v) is 3.46. The quantitative estimate of drug-likeness (QED) is 0.466. The van der Waals surface area contributed by atoms with E-state index in [0.29, 0.717) is 0 Å². The predicted octanol–water partition coefficient (Wildman–Crippen LogP) is 4.52. The van der Waals surface area contributed by atoms with Gasteiger partial charge in [-0.2, -0.15) is 17.6 Å². The lowest BCUT2D eigenvalue weighted by atomic mass is 10.1. The SMILES string of the molecule is Fc1ncccc1CNC(=S)Nc1ccc(Cl)c(C(F)(F)F)c1F. The van der Waals surface area contributed by atoms with Gasteiger partial charge < -0.3 is 10.6 Å². The van der Waals surface area contributed by atoms with Crippen molar-refractivity contribution in [2.45, 2.75) is 12.7 Å². The number of thiocarbonyl (C=S) groups is 1. The largest absolute Gasteiger partial charge is 0.420 e. The van der Waals surface area contributed by atoms with E-state index in [1.807, 2.05) is 0 Å². The van der Waals surface area contributed by atoms with Crippen LogP contribution in [0.5, 0.6) is 0 Å². The van der Waals surface area contributed by atoms with E-state index in [1.54, 1.807) is 0 Å². The third-order valence-electron chi connectivity index (χ3n) is 2.90. The van der Waals surface area contributed by atoms with Crippen LogP contribution >= 0.6 is 23.8 Å². The third kappa shape index (κ3) is 4.30. The molecule has 24 heavy (non-hydrogen) atoms. The standard InChI is InChI=1S/C14H9ClF5N3S/c15-8-3-4-9(11(16)10(8)14(18,19)20)23-13(24)22-6-7-2-1-5-21-12(7)17/h1-5H,6H2,(H2,22,23,24). The molecule has 0 spiro atoms. The molecule has 2 rings (SSSR count). The Morgan fingerprint density at radius 1 is 1.21 bits per heavy atom. The van der Waals surface area contributed by atoms with Crippen LogP contribution in [-0.2, 0) is 12.7 Å². The molecule has 2 N–H and O–H groups in total. The van der Waals surface area contributed by atoms with E-state index < -0.39 is 34.2 Å². The summed E-state index contributed by atoms with van der Waals surface area (Å²) in [6.07, 6.45) is -3.69. The Hall–Kier alpha value is -2.00. The van der Waals surface area contributed by atoms with Crippen LogP contribution in [-0.4, -0.2) is 10.1 Å². The molecule has 3 nitrogen and oxygen atoms in total. The lowest BCUT2D eigenvalue weighted by molar-refractivity contribution is -0.139. The summed E-state index contributed by atoms with van der Waals surface area (Å²) >= 11 is 10.3. The number of anilines is 1. The molecule has 0 fully saturated rings. The maximum atomic E-state index is 14.0. The molecule has 0 amide bonds. The lowest BCUT2D eigenvalue weighted by Crippen LogP contribution is -2.29. The van der Waals surface area contributed by atoms with Gasteiger partial charge in [0.25, 0.3) is 0 Å². The molecule has 1 aromatic heterocycles. The molecule has 0 atom stereocenters. The first kappa shape index (κ1) is 18.3. The van der Waals surface area contributed by atoms with Crippen molar-refractivity contribution in [2.75, 3.05) is 5.32 Å². The fourth-order valence-corrected chi connectivity index (χ4v) is 2.24. The Balaban J connectivity index is 2.11. The van der Waals surface area contributed by atoms with Crippen LogP contribution in [0.25, 0.3) is 0 Å². The Morgan fingerprint density at radius 2 is 1.92 bits per heavy atom. The van der Waals surface area contributed by atoms with Crippen LogP contribution in [0.15, 0.2) is 30.5 Å². The highest BCUT2D eigenvalue weighted by atomic mass is 35.5. The number of hydrogen-bond acceptors (Lipinski definition) is 2. The summed E-state index contributed by atoms with van der Waals surface area (Å²) in [4.78, 5) is 3.43. The first-order valence-corrected chi connectivity index (χ1v) is 7.18. The van der Waals surface area contributed by atoms with Gasteiger partial charge in [-0.25, -0.2) is 9.37 Å². The van der Waals surface area contributed by atoms with Gasteiger partial charge in [0.1, 0.15) is 5.56 Å². The number of pyridine rings is 1. The van der Waals surface area contributed by atoms with Crippen LogP contribution < -0.4 is 10.6 Å². The van der Waals surface area contributed by atoms with Crippen molar-refractivity contribution in [2.24, 2.45) is 0 Å². The van der Waals surface area contributed by atoms with Crippen molar-refractivity contribution in [3.8, 4) is 0 Å². The van der Waals surface area contributed by atoms with Crippen LogP contribution in [0.4, 0.5) is 27.6 Å². The zero-order valence-electron chi connectivity index (χ0n) is 11.7. The zero-order valence-corrected chi connectivity index (χ0v) is 13.3. The zero-order chi connectivity index (χ0) is 17.9. The Labute approximate surface area is 143 Å². The minimum absolute atomic E-state index is 0.0765. The Morgan fingerprint density at radius 3 is 2.54 bits per heavy atom. The normalized spacial score (nSPS) is 11.2. The second-order valence-corrected chi connectivity index (χ2v) is 5.36. The highest BCUT2D eigenvalue weighted by Gasteiger charge is 2.37. The average Bonchev–Trinajstić information content (AvgIpc) is 2.48. The molecule has 0 saturated heterocycles. The van der Waals surface area contributed by atoms with E-state index in [2.05, 4.69) is 15.6 Å². The van der Waals surface area contributed by atoms with Gasteiger partial charge in [-0.15, -0.1) is 0 Å². The van der Waals surface area contributed by atoms with Crippen molar-refractivity contribution in [1.82, 2.24) is 10.3 Å².